The third-order valence-corrected chi connectivity index (χ3v) is 5.04. The van der Waals surface area contributed by atoms with Crippen LogP contribution in [0.1, 0.15) is 22.8 Å². The van der Waals surface area contributed by atoms with Gasteiger partial charge in [-0.05, 0) is 36.8 Å². The first-order valence-corrected chi connectivity index (χ1v) is 8.06. The lowest BCUT2D eigenvalue weighted by Gasteiger charge is -2.17. The quantitative estimate of drug-likeness (QED) is 0.796. The molecule has 0 atom stereocenters. The smallest absolute Gasteiger partial charge is 0.243 e. The molecule has 4 nitrogen and oxygen atoms in total. The Balaban J connectivity index is 2.29. The van der Waals surface area contributed by atoms with E-state index in [2.05, 4.69) is 0 Å². The molecule has 0 bridgehead atoms. The Bertz CT molecular complexity index is 803. The highest BCUT2D eigenvalue weighted by Gasteiger charge is 2.21. The number of carbonyl (C=O) groups excluding carboxylic acids is 1. The number of nitrogens with zero attached hydrogens (tertiary/aromatic N) is 1. The Morgan fingerprint density at radius 1 is 1.14 bits per heavy atom. The normalized spacial score (nSPS) is 11.6. The monoisotopic (exact) mass is 321 g/mol. The summed E-state index contributed by atoms with van der Waals surface area (Å²) >= 11 is 0. The van der Waals surface area contributed by atoms with Crippen LogP contribution in [0.4, 0.5) is 4.39 Å². The van der Waals surface area contributed by atoms with E-state index in [0.29, 0.717) is 11.1 Å². The summed E-state index contributed by atoms with van der Waals surface area (Å²) in [6, 6.07) is 11.6. The molecule has 0 spiro atoms. The van der Waals surface area contributed by atoms with E-state index >= 15 is 0 Å². The van der Waals surface area contributed by atoms with Gasteiger partial charge in [-0.15, -0.1) is 0 Å². The highest BCUT2D eigenvalue weighted by Crippen LogP contribution is 2.18. The molecule has 116 valence electrons. The summed E-state index contributed by atoms with van der Waals surface area (Å²) in [5, 5.41) is 0. The van der Waals surface area contributed by atoms with E-state index in [0.717, 1.165) is 4.31 Å². The Hall–Kier alpha value is -2.05. The topological polar surface area (TPSA) is 54.5 Å². The average Bonchev–Trinajstić information content (AvgIpc) is 2.47. The number of benzene rings is 2. The molecule has 22 heavy (non-hydrogen) atoms. The molecule has 0 unspecified atom stereocenters. The van der Waals surface area contributed by atoms with Crippen molar-refractivity contribution in [2.75, 3.05) is 7.05 Å². The summed E-state index contributed by atoms with van der Waals surface area (Å²) < 4.78 is 39.3. The van der Waals surface area contributed by atoms with Crippen LogP contribution in [-0.2, 0) is 16.6 Å². The lowest BCUT2D eigenvalue weighted by Crippen LogP contribution is -2.26. The second kappa shape index (κ2) is 6.37. The highest BCUT2D eigenvalue weighted by atomic mass is 32.2. The highest BCUT2D eigenvalue weighted by molar-refractivity contribution is 7.89. The third kappa shape index (κ3) is 3.58. The molecule has 0 saturated carbocycles. The standard InChI is InChI=1S/C16H16FNO3S/c1-12(19)14-6-4-8-16(10-14)22(20,21)18(2)11-13-5-3-7-15(17)9-13/h3-10H,11H2,1-2H3. The molecular formula is C16H16FNO3S. The molecule has 2 rings (SSSR count). The maximum absolute atomic E-state index is 13.2. The SMILES string of the molecule is CC(=O)c1cccc(S(=O)(=O)N(C)Cc2cccc(F)c2)c1. The minimum absolute atomic E-state index is 0.0408. The van der Waals surface area contributed by atoms with Crippen molar-refractivity contribution in [1.29, 1.82) is 0 Å². The molecule has 0 aliphatic rings. The average molecular weight is 321 g/mol. The fraction of sp³-hybridized carbons (Fsp3) is 0.188. The molecule has 0 aliphatic heterocycles. The first-order valence-electron chi connectivity index (χ1n) is 6.62. The van der Waals surface area contributed by atoms with Crippen molar-refractivity contribution in [2.45, 2.75) is 18.4 Å². The number of sulfonamides is 1. The Labute approximate surface area is 129 Å². The van der Waals surface area contributed by atoms with Crippen LogP contribution in [0.2, 0.25) is 0 Å². The van der Waals surface area contributed by atoms with Crippen molar-refractivity contribution >= 4 is 15.8 Å². The van der Waals surface area contributed by atoms with Gasteiger partial charge < -0.3 is 0 Å². The van der Waals surface area contributed by atoms with Crippen LogP contribution in [0.25, 0.3) is 0 Å². The van der Waals surface area contributed by atoms with Crippen LogP contribution in [0, 0.1) is 5.82 Å². The van der Waals surface area contributed by atoms with Gasteiger partial charge in [0.2, 0.25) is 10.0 Å². The van der Waals surface area contributed by atoms with Gasteiger partial charge in [0.1, 0.15) is 5.82 Å². The van der Waals surface area contributed by atoms with Crippen LogP contribution in [0.15, 0.2) is 53.4 Å². The molecule has 0 aromatic heterocycles. The molecular weight excluding hydrogens is 305 g/mol. The summed E-state index contributed by atoms with van der Waals surface area (Å²) in [6.07, 6.45) is 0. The van der Waals surface area contributed by atoms with Crippen molar-refractivity contribution in [3.63, 3.8) is 0 Å². The van der Waals surface area contributed by atoms with Crippen molar-refractivity contribution in [3.8, 4) is 0 Å². The predicted octanol–water partition coefficient (Wildman–Crippen LogP) is 2.85. The fourth-order valence-electron chi connectivity index (χ4n) is 2.03. The van der Waals surface area contributed by atoms with Crippen molar-refractivity contribution in [2.24, 2.45) is 0 Å². The number of ketones is 1. The Morgan fingerprint density at radius 3 is 2.45 bits per heavy atom. The zero-order valence-corrected chi connectivity index (χ0v) is 13.1. The van der Waals surface area contributed by atoms with E-state index in [1.165, 1.54) is 50.4 Å². The van der Waals surface area contributed by atoms with Crippen LogP contribution in [-0.4, -0.2) is 25.6 Å². The number of carbonyl (C=O) groups is 1. The molecule has 0 amide bonds. The molecule has 6 heteroatoms. The lowest BCUT2D eigenvalue weighted by atomic mass is 10.2. The minimum Gasteiger partial charge on any atom is -0.295 e. The second-order valence-electron chi connectivity index (χ2n) is 4.98. The molecule has 0 heterocycles. The molecule has 0 aliphatic carbocycles. The molecule has 0 radical (unpaired) electrons. The van der Waals surface area contributed by atoms with E-state index in [4.69, 9.17) is 0 Å². The number of Topliss-reactive ketones (excluding diaryl/α,β-unsaturated/α-hetero) is 1. The van der Waals surface area contributed by atoms with Gasteiger partial charge in [0.05, 0.1) is 4.90 Å². The van der Waals surface area contributed by atoms with E-state index in [1.54, 1.807) is 12.1 Å². The number of hydrogen-bond donors (Lipinski definition) is 0. The summed E-state index contributed by atoms with van der Waals surface area (Å²) in [6.45, 7) is 1.42. The fourth-order valence-corrected chi connectivity index (χ4v) is 3.24. The first-order chi connectivity index (χ1) is 10.3. The van der Waals surface area contributed by atoms with Crippen molar-refractivity contribution in [1.82, 2.24) is 4.31 Å². The van der Waals surface area contributed by atoms with Gasteiger partial charge in [-0.2, -0.15) is 4.31 Å². The van der Waals surface area contributed by atoms with Gasteiger partial charge in [0, 0.05) is 19.2 Å². The summed E-state index contributed by atoms with van der Waals surface area (Å²) in [4.78, 5) is 11.4. The molecule has 0 saturated heterocycles. The maximum Gasteiger partial charge on any atom is 0.243 e. The van der Waals surface area contributed by atoms with Crippen LogP contribution >= 0.6 is 0 Å². The van der Waals surface area contributed by atoms with E-state index in [1.807, 2.05) is 0 Å². The molecule has 2 aromatic rings. The predicted molar refractivity (Wildman–Crippen MR) is 81.5 cm³/mol. The Morgan fingerprint density at radius 2 is 1.82 bits per heavy atom. The van der Waals surface area contributed by atoms with Gasteiger partial charge in [-0.1, -0.05) is 24.3 Å². The Kier molecular flexibility index (Phi) is 4.73. The van der Waals surface area contributed by atoms with Crippen LogP contribution in [0.3, 0.4) is 0 Å². The zero-order valence-electron chi connectivity index (χ0n) is 12.3. The van der Waals surface area contributed by atoms with Crippen molar-refractivity contribution < 1.29 is 17.6 Å². The van der Waals surface area contributed by atoms with E-state index in [9.17, 15) is 17.6 Å². The van der Waals surface area contributed by atoms with Gasteiger partial charge in [-0.25, -0.2) is 12.8 Å². The molecule has 0 N–H and O–H groups in total. The molecule has 2 aromatic carbocycles. The summed E-state index contributed by atoms with van der Waals surface area (Å²) in [7, 11) is -2.33. The minimum atomic E-state index is -3.75. The van der Waals surface area contributed by atoms with Gasteiger partial charge in [-0.3, -0.25) is 4.79 Å². The van der Waals surface area contributed by atoms with Crippen molar-refractivity contribution in [3.05, 3.63) is 65.5 Å². The maximum atomic E-state index is 13.2. The number of halogens is 1. The first kappa shape index (κ1) is 16.3. The second-order valence-corrected chi connectivity index (χ2v) is 7.02. The lowest BCUT2D eigenvalue weighted by molar-refractivity contribution is 0.101. The van der Waals surface area contributed by atoms with E-state index < -0.39 is 15.8 Å². The van der Waals surface area contributed by atoms with Gasteiger partial charge in [0.25, 0.3) is 0 Å². The van der Waals surface area contributed by atoms with Gasteiger partial charge in [0.15, 0.2) is 5.78 Å². The number of hydrogen-bond acceptors (Lipinski definition) is 3. The van der Waals surface area contributed by atoms with Crippen LogP contribution < -0.4 is 0 Å². The van der Waals surface area contributed by atoms with Crippen LogP contribution in [0.5, 0.6) is 0 Å². The third-order valence-electron chi connectivity index (χ3n) is 3.24. The van der Waals surface area contributed by atoms with Gasteiger partial charge >= 0.3 is 0 Å². The zero-order chi connectivity index (χ0) is 16.3. The summed E-state index contributed by atoms with van der Waals surface area (Å²) in [5.74, 6) is -0.619. The molecule has 0 fully saturated rings. The summed E-state index contributed by atoms with van der Waals surface area (Å²) in [5.41, 5.74) is 0.883. The van der Waals surface area contributed by atoms with E-state index in [-0.39, 0.29) is 17.2 Å². The largest absolute Gasteiger partial charge is 0.295 e. The number of rotatable bonds is 5.